The summed E-state index contributed by atoms with van der Waals surface area (Å²) in [6, 6.07) is 8.01. The molecule has 0 aliphatic heterocycles. The van der Waals surface area contributed by atoms with E-state index in [-0.39, 0.29) is 11.9 Å². The molecule has 0 amide bonds. The van der Waals surface area contributed by atoms with Gasteiger partial charge in [-0.2, -0.15) is 0 Å². The summed E-state index contributed by atoms with van der Waals surface area (Å²) in [4.78, 5) is 2.17. The molecule has 0 radical (unpaired) electrons. The van der Waals surface area contributed by atoms with Gasteiger partial charge in [0.2, 0.25) is 0 Å². The van der Waals surface area contributed by atoms with Crippen molar-refractivity contribution in [3.63, 3.8) is 0 Å². The quantitative estimate of drug-likeness (QED) is 0.361. The average molecular weight is 270 g/mol. The van der Waals surface area contributed by atoms with E-state index in [1.807, 2.05) is 31.3 Å². The van der Waals surface area contributed by atoms with Gasteiger partial charge in [0, 0.05) is 24.0 Å². The van der Waals surface area contributed by atoms with Gasteiger partial charge in [-0.1, -0.05) is 41.9 Å². The molecule has 1 rings (SSSR count). The molecule has 0 fully saturated rings. The molecule has 0 aliphatic rings. The summed E-state index contributed by atoms with van der Waals surface area (Å²) >= 11 is 6.13. The normalized spacial score (nSPS) is 13.9. The third kappa shape index (κ3) is 4.20. The first-order chi connectivity index (χ1) is 8.58. The van der Waals surface area contributed by atoms with Crippen LogP contribution in [0, 0.1) is 0 Å². The van der Waals surface area contributed by atoms with E-state index in [2.05, 4.69) is 17.0 Å². The number of oxime groups is 1. The highest BCUT2D eigenvalue weighted by molar-refractivity contribution is 6.31. The molecule has 1 aromatic carbocycles. The predicted molar refractivity (Wildman–Crippen MR) is 75.0 cm³/mol. The van der Waals surface area contributed by atoms with Crippen molar-refractivity contribution < 1.29 is 5.21 Å². The second-order valence-corrected chi connectivity index (χ2v) is 4.77. The van der Waals surface area contributed by atoms with Crippen LogP contribution in [0.3, 0.4) is 0 Å². The number of nitrogens with zero attached hydrogens (tertiary/aromatic N) is 2. The zero-order chi connectivity index (χ0) is 13.5. The molecule has 0 saturated heterocycles. The minimum absolute atomic E-state index is 0.233. The van der Waals surface area contributed by atoms with Gasteiger partial charge in [0.25, 0.3) is 0 Å². The van der Waals surface area contributed by atoms with Crippen LogP contribution in [-0.4, -0.2) is 29.0 Å². The number of hydrogen-bond donors (Lipinski definition) is 2. The third-order valence-corrected chi connectivity index (χ3v) is 3.41. The van der Waals surface area contributed by atoms with Gasteiger partial charge < -0.3 is 10.9 Å². The van der Waals surface area contributed by atoms with E-state index in [0.717, 1.165) is 23.6 Å². The molecule has 0 aliphatic carbocycles. The fourth-order valence-corrected chi connectivity index (χ4v) is 2.11. The van der Waals surface area contributed by atoms with Gasteiger partial charge in [-0.3, -0.25) is 4.90 Å². The number of benzene rings is 1. The summed E-state index contributed by atoms with van der Waals surface area (Å²) < 4.78 is 0. The van der Waals surface area contributed by atoms with Gasteiger partial charge in [0.15, 0.2) is 0 Å². The molecule has 0 aromatic heterocycles. The van der Waals surface area contributed by atoms with E-state index in [4.69, 9.17) is 22.5 Å². The Labute approximate surface area is 113 Å². The summed E-state index contributed by atoms with van der Waals surface area (Å²) in [6.07, 6.45) is 1.48. The maximum Gasteiger partial charge on any atom is 0.140 e. The molecule has 3 N–H and O–H groups in total. The van der Waals surface area contributed by atoms with Crippen LogP contribution in [-0.2, 0) is 6.54 Å². The van der Waals surface area contributed by atoms with Crippen LogP contribution in [0.2, 0.25) is 5.02 Å². The molecule has 1 unspecified atom stereocenters. The summed E-state index contributed by atoms with van der Waals surface area (Å²) in [5.41, 5.74) is 6.64. The number of nitrogens with two attached hydrogens (primary N) is 1. The minimum atomic E-state index is 0.233. The van der Waals surface area contributed by atoms with Crippen LogP contribution < -0.4 is 5.73 Å². The van der Waals surface area contributed by atoms with Gasteiger partial charge >= 0.3 is 0 Å². The second-order valence-electron chi connectivity index (χ2n) is 4.36. The highest BCUT2D eigenvalue weighted by Crippen LogP contribution is 2.18. The molecule has 0 bridgehead atoms. The van der Waals surface area contributed by atoms with E-state index in [0.29, 0.717) is 6.42 Å². The Morgan fingerprint density at radius 2 is 2.17 bits per heavy atom. The summed E-state index contributed by atoms with van der Waals surface area (Å²) in [5, 5.41) is 12.4. The lowest BCUT2D eigenvalue weighted by Crippen LogP contribution is -2.34. The maximum absolute atomic E-state index is 8.62. The topological polar surface area (TPSA) is 61.9 Å². The van der Waals surface area contributed by atoms with E-state index in [1.165, 1.54) is 0 Å². The summed E-state index contributed by atoms with van der Waals surface area (Å²) in [5.74, 6) is 0.257. The van der Waals surface area contributed by atoms with Gasteiger partial charge in [-0.05, 0) is 25.1 Å². The SMILES string of the molecule is CCC(CC(N)=NO)N(C)Cc1ccccc1Cl. The Hall–Kier alpha value is -1.26. The van der Waals surface area contributed by atoms with Crippen molar-refractivity contribution >= 4 is 17.4 Å². The molecule has 18 heavy (non-hydrogen) atoms. The van der Waals surface area contributed by atoms with Crippen molar-refractivity contribution in [3.8, 4) is 0 Å². The lowest BCUT2D eigenvalue weighted by atomic mass is 10.1. The Kier molecular flexibility index (Phi) is 5.95. The Morgan fingerprint density at radius 3 is 2.72 bits per heavy atom. The average Bonchev–Trinajstić information content (AvgIpc) is 2.38. The van der Waals surface area contributed by atoms with Crippen molar-refractivity contribution in [2.24, 2.45) is 10.9 Å². The summed E-state index contributed by atoms with van der Waals surface area (Å²) in [6.45, 7) is 2.83. The van der Waals surface area contributed by atoms with Crippen molar-refractivity contribution in [1.29, 1.82) is 0 Å². The van der Waals surface area contributed by atoms with Crippen molar-refractivity contribution in [2.45, 2.75) is 32.4 Å². The molecular weight excluding hydrogens is 250 g/mol. The fraction of sp³-hybridized carbons (Fsp3) is 0.462. The predicted octanol–water partition coefficient (Wildman–Crippen LogP) is 2.69. The first-order valence-electron chi connectivity index (χ1n) is 5.98. The van der Waals surface area contributed by atoms with Crippen LogP contribution in [0.25, 0.3) is 0 Å². The number of halogens is 1. The van der Waals surface area contributed by atoms with Crippen LogP contribution in [0.5, 0.6) is 0 Å². The van der Waals surface area contributed by atoms with E-state index >= 15 is 0 Å². The molecule has 0 saturated carbocycles. The maximum atomic E-state index is 8.62. The molecule has 5 heteroatoms. The van der Waals surface area contributed by atoms with Crippen LogP contribution in [0.15, 0.2) is 29.4 Å². The smallest absolute Gasteiger partial charge is 0.140 e. The molecule has 100 valence electrons. The molecule has 1 aromatic rings. The van der Waals surface area contributed by atoms with E-state index in [9.17, 15) is 0 Å². The van der Waals surface area contributed by atoms with Crippen molar-refractivity contribution in [2.75, 3.05) is 7.05 Å². The van der Waals surface area contributed by atoms with Crippen LogP contribution >= 0.6 is 11.6 Å². The Bertz CT molecular complexity index is 409. The van der Waals surface area contributed by atoms with Crippen molar-refractivity contribution in [3.05, 3.63) is 34.9 Å². The molecule has 0 heterocycles. The molecule has 4 nitrogen and oxygen atoms in total. The number of rotatable bonds is 6. The van der Waals surface area contributed by atoms with Crippen molar-refractivity contribution in [1.82, 2.24) is 4.90 Å². The summed E-state index contributed by atoms with van der Waals surface area (Å²) in [7, 11) is 2.02. The zero-order valence-electron chi connectivity index (χ0n) is 10.8. The first kappa shape index (κ1) is 14.8. The molecular formula is C13H20ClN3O. The lowest BCUT2D eigenvalue weighted by Gasteiger charge is -2.27. The van der Waals surface area contributed by atoms with E-state index in [1.54, 1.807) is 0 Å². The van der Waals surface area contributed by atoms with Gasteiger partial charge in [0.05, 0.1) is 0 Å². The fourth-order valence-electron chi connectivity index (χ4n) is 1.92. The largest absolute Gasteiger partial charge is 0.409 e. The van der Waals surface area contributed by atoms with Gasteiger partial charge in [-0.15, -0.1) is 0 Å². The monoisotopic (exact) mass is 269 g/mol. The second kappa shape index (κ2) is 7.24. The highest BCUT2D eigenvalue weighted by atomic mass is 35.5. The zero-order valence-corrected chi connectivity index (χ0v) is 11.6. The highest BCUT2D eigenvalue weighted by Gasteiger charge is 2.15. The third-order valence-electron chi connectivity index (χ3n) is 3.05. The van der Waals surface area contributed by atoms with Crippen LogP contribution in [0.4, 0.5) is 0 Å². The lowest BCUT2D eigenvalue weighted by molar-refractivity contribution is 0.230. The van der Waals surface area contributed by atoms with Gasteiger partial charge in [0.1, 0.15) is 5.84 Å². The molecule has 0 spiro atoms. The number of amidine groups is 1. The Balaban J connectivity index is 2.68. The van der Waals surface area contributed by atoms with Crippen LogP contribution in [0.1, 0.15) is 25.3 Å². The number of hydrogen-bond acceptors (Lipinski definition) is 3. The van der Waals surface area contributed by atoms with E-state index < -0.39 is 0 Å². The first-order valence-corrected chi connectivity index (χ1v) is 6.36. The standard InChI is InChI=1S/C13H20ClN3O/c1-3-11(8-13(15)16-18)17(2)9-10-6-4-5-7-12(10)14/h4-7,11,18H,3,8-9H2,1-2H3,(H2,15,16). The molecule has 1 atom stereocenters. The minimum Gasteiger partial charge on any atom is -0.409 e. The van der Waals surface area contributed by atoms with Gasteiger partial charge in [-0.25, -0.2) is 0 Å². The Morgan fingerprint density at radius 1 is 1.50 bits per heavy atom.